The highest BCUT2D eigenvalue weighted by Gasteiger charge is 2.12. The van der Waals surface area contributed by atoms with E-state index in [4.69, 9.17) is 0 Å². The van der Waals surface area contributed by atoms with Gasteiger partial charge in [0, 0.05) is 5.69 Å². The second-order valence-corrected chi connectivity index (χ2v) is 3.08. The SMILES string of the molecule is CCc1c(C)cc(C(F)F)nc1C. The third-order valence-electron chi connectivity index (χ3n) is 2.15. The number of halogens is 2. The van der Waals surface area contributed by atoms with Gasteiger partial charge in [-0.15, -0.1) is 0 Å². The van der Waals surface area contributed by atoms with Crippen molar-refractivity contribution in [3.8, 4) is 0 Å². The van der Waals surface area contributed by atoms with Crippen LogP contribution in [0.4, 0.5) is 8.78 Å². The number of hydrogen-bond donors (Lipinski definition) is 0. The quantitative estimate of drug-likeness (QED) is 0.689. The molecule has 0 spiro atoms. The lowest BCUT2D eigenvalue weighted by molar-refractivity contribution is 0.145. The summed E-state index contributed by atoms with van der Waals surface area (Å²) in [6.07, 6.45) is -1.63. The average molecular weight is 185 g/mol. The molecule has 0 saturated heterocycles. The van der Waals surface area contributed by atoms with E-state index in [9.17, 15) is 8.78 Å². The first-order chi connectivity index (χ1) is 6.06. The normalized spacial score (nSPS) is 10.9. The molecule has 0 radical (unpaired) electrons. The minimum Gasteiger partial charge on any atom is -0.252 e. The van der Waals surface area contributed by atoms with E-state index in [2.05, 4.69) is 4.98 Å². The van der Waals surface area contributed by atoms with E-state index in [-0.39, 0.29) is 5.69 Å². The molecular weight excluding hydrogens is 172 g/mol. The third-order valence-corrected chi connectivity index (χ3v) is 2.15. The number of nitrogens with zero attached hydrogens (tertiary/aromatic N) is 1. The van der Waals surface area contributed by atoms with Crippen molar-refractivity contribution in [2.24, 2.45) is 0 Å². The summed E-state index contributed by atoms with van der Waals surface area (Å²) >= 11 is 0. The monoisotopic (exact) mass is 185 g/mol. The first kappa shape index (κ1) is 10.1. The Bertz CT molecular complexity index is 285. The Hall–Kier alpha value is -0.990. The van der Waals surface area contributed by atoms with E-state index in [0.29, 0.717) is 0 Å². The van der Waals surface area contributed by atoms with Crippen molar-refractivity contribution in [3.63, 3.8) is 0 Å². The van der Waals surface area contributed by atoms with Crippen LogP contribution in [0, 0.1) is 13.8 Å². The van der Waals surface area contributed by atoms with Crippen molar-refractivity contribution in [1.82, 2.24) is 4.98 Å². The van der Waals surface area contributed by atoms with Crippen LogP contribution in [0.5, 0.6) is 0 Å². The molecule has 3 heteroatoms. The Balaban J connectivity index is 3.20. The molecule has 0 aliphatic rings. The molecule has 0 atom stereocenters. The molecule has 0 aliphatic carbocycles. The van der Waals surface area contributed by atoms with Crippen molar-refractivity contribution in [1.29, 1.82) is 0 Å². The van der Waals surface area contributed by atoms with Gasteiger partial charge in [0.1, 0.15) is 5.69 Å². The maximum Gasteiger partial charge on any atom is 0.280 e. The van der Waals surface area contributed by atoms with Gasteiger partial charge in [-0.1, -0.05) is 6.92 Å². The third kappa shape index (κ3) is 2.02. The molecule has 1 aromatic rings. The minimum absolute atomic E-state index is 0.118. The summed E-state index contributed by atoms with van der Waals surface area (Å²) in [5, 5.41) is 0. The lowest BCUT2D eigenvalue weighted by Crippen LogP contribution is -2.00. The van der Waals surface area contributed by atoms with Crippen LogP contribution >= 0.6 is 0 Å². The van der Waals surface area contributed by atoms with Gasteiger partial charge in [0.15, 0.2) is 0 Å². The lowest BCUT2D eigenvalue weighted by Gasteiger charge is -2.09. The zero-order chi connectivity index (χ0) is 10.0. The molecule has 1 heterocycles. The number of aryl methyl sites for hydroxylation is 2. The molecule has 72 valence electrons. The standard InChI is InChI=1S/C10H13F2N/c1-4-8-6(2)5-9(10(11)12)13-7(8)3/h5,10H,4H2,1-3H3. The highest BCUT2D eigenvalue weighted by molar-refractivity contribution is 5.31. The van der Waals surface area contributed by atoms with Crippen LogP contribution in [0.3, 0.4) is 0 Å². The lowest BCUT2D eigenvalue weighted by atomic mass is 10.0. The maximum atomic E-state index is 12.3. The number of alkyl halides is 2. The molecule has 0 saturated carbocycles. The summed E-state index contributed by atoms with van der Waals surface area (Å²) < 4.78 is 24.6. The van der Waals surface area contributed by atoms with Crippen LogP contribution in [-0.4, -0.2) is 4.98 Å². The van der Waals surface area contributed by atoms with Gasteiger partial charge in [0.25, 0.3) is 6.43 Å². The Kier molecular flexibility index (Phi) is 2.96. The molecule has 0 N–H and O–H groups in total. The number of hydrogen-bond acceptors (Lipinski definition) is 1. The van der Waals surface area contributed by atoms with Crippen LogP contribution in [0.15, 0.2) is 6.07 Å². The first-order valence-electron chi connectivity index (χ1n) is 4.31. The Morgan fingerprint density at radius 2 is 2.00 bits per heavy atom. The molecule has 0 aliphatic heterocycles. The molecule has 0 unspecified atom stereocenters. The second-order valence-electron chi connectivity index (χ2n) is 3.08. The summed E-state index contributed by atoms with van der Waals surface area (Å²) in [5.74, 6) is 0. The van der Waals surface area contributed by atoms with Crippen molar-refractivity contribution in [2.75, 3.05) is 0 Å². The fraction of sp³-hybridized carbons (Fsp3) is 0.500. The van der Waals surface area contributed by atoms with E-state index < -0.39 is 6.43 Å². The molecule has 0 bridgehead atoms. The van der Waals surface area contributed by atoms with Crippen LogP contribution in [0.1, 0.15) is 35.9 Å². The van der Waals surface area contributed by atoms with Crippen molar-refractivity contribution < 1.29 is 8.78 Å². The van der Waals surface area contributed by atoms with Crippen molar-refractivity contribution in [3.05, 3.63) is 28.6 Å². The van der Waals surface area contributed by atoms with E-state index in [1.807, 2.05) is 13.8 Å². The van der Waals surface area contributed by atoms with Gasteiger partial charge in [-0.3, -0.25) is 4.98 Å². The minimum atomic E-state index is -2.47. The molecule has 1 nitrogen and oxygen atoms in total. The fourth-order valence-corrected chi connectivity index (χ4v) is 1.53. The summed E-state index contributed by atoms with van der Waals surface area (Å²) in [6.45, 7) is 5.62. The molecule has 1 rings (SSSR count). The van der Waals surface area contributed by atoms with E-state index >= 15 is 0 Å². The second kappa shape index (κ2) is 3.81. The Labute approximate surface area is 76.8 Å². The van der Waals surface area contributed by atoms with Gasteiger partial charge in [-0.05, 0) is 37.5 Å². The van der Waals surface area contributed by atoms with E-state index in [1.165, 1.54) is 6.07 Å². The summed E-state index contributed by atoms with van der Waals surface area (Å²) in [5.41, 5.74) is 2.58. The maximum absolute atomic E-state index is 12.3. The van der Waals surface area contributed by atoms with E-state index in [1.54, 1.807) is 6.92 Å². The van der Waals surface area contributed by atoms with Gasteiger partial charge >= 0.3 is 0 Å². The predicted octanol–water partition coefficient (Wildman–Crippen LogP) is 3.20. The van der Waals surface area contributed by atoms with Crippen LogP contribution in [0.25, 0.3) is 0 Å². The average Bonchev–Trinajstić information content (AvgIpc) is 2.03. The molecule has 0 aromatic carbocycles. The van der Waals surface area contributed by atoms with Crippen LogP contribution in [-0.2, 0) is 6.42 Å². The largest absolute Gasteiger partial charge is 0.280 e. The summed E-state index contributed by atoms with van der Waals surface area (Å²) in [6, 6.07) is 1.47. The smallest absolute Gasteiger partial charge is 0.252 e. The van der Waals surface area contributed by atoms with Gasteiger partial charge < -0.3 is 0 Å². The fourth-order valence-electron chi connectivity index (χ4n) is 1.53. The van der Waals surface area contributed by atoms with Crippen molar-refractivity contribution in [2.45, 2.75) is 33.6 Å². The number of pyridine rings is 1. The van der Waals surface area contributed by atoms with Gasteiger partial charge in [-0.25, -0.2) is 8.78 Å². The highest BCUT2D eigenvalue weighted by atomic mass is 19.3. The first-order valence-corrected chi connectivity index (χ1v) is 4.31. The van der Waals surface area contributed by atoms with Gasteiger partial charge in [0.05, 0.1) is 0 Å². The molecular formula is C10H13F2N. The molecule has 0 fully saturated rings. The van der Waals surface area contributed by atoms with Gasteiger partial charge in [-0.2, -0.15) is 0 Å². The predicted molar refractivity (Wildman–Crippen MR) is 48.0 cm³/mol. The van der Waals surface area contributed by atoms with Gasteiger partial charge in [0.2, 0.25) is 0 Å². The Morgan fingerprint density at radius 3 is 2.38 bits per heavy atom. The van der Waals surface area contributed by atoms with E-state index in [0.717, 1.165) is 23.2 Å². The topological polar surface area (TPSA) is 12.9 Å². The van der Waals surface area contributed by atoms with Crippen LogP contribution in [0.2, 0.25) is 0 Å². The number of aromatic nitrogens is 1. The molecule has 1 aromatic heterocycles. The Morgan fingerprint density at radius 1 is 1.38 bits per heavy atom. The summed E-state index contributed by atoms with van der Waals surface area (Å²) in [7, 11) is 0. The molecule has 13 heavy (non-hydrogen) atoms. The zero-order valence-electron chi connectivity index (χ0n) is 8.06. The molecule has 0 amide bonds. The number of rotatable bonds is 2. The van der Waals surface area contributed by atoms with Crippen molar-refractivity contribution >= 4 is 0 Å². The van der Waals surface area contributed by atoms with Crippen LogP contribution < -0.4 is 0 Å². The zero-order valence-corrected chi connectivity index (χ0v) is 8.06. The highest BCUT2D eigenvalue weighted by Crippen LogP contribution is 2.21. The summed E-state index contributed by atoms with van der Waals surface area (Å²) in [4.78, 5) is 3.85.